The number of amides is 1. The molecule has 2 rings (SSSR count). The van der Waals surface area contributed by atoms with Gasteiger partial charge in [0.15, 0.2) is 0 Å². The highest BCUT2D eigenvalue weighted by Gasteiger charge is 2.36. The molecule has 0 bridgehead atoms. The predicted molar refractivity (Wildman–Crippen MR) is 68.3 cm³/mol. The fourth-order valence-electron chi connectivity index (χ4n) is 2.36. The summed E-state index contributed by atoms with van der Waals surface area (Å²) in [6.07, 6.45) is 3.90. The van der Waals surface area contributed by atoms with Gasteiger partial charge in [-0.1, -0.05) is 25.8 Å². The third kappa shape index (κ3) is 2.50. The SMILES string of the molecule is CC1(C(=O)Nc2cccc([N+](=O)[O-])c2)CCCC1. The molecule has 5 heteroatoms. The van der Waals surface area contributed by atoms with Gasteiger partial charge in [0.05, 0.1) is 4.92 Å². The topological polar surface area (TPSA) is 72.2 Å². The van der Waals surface area contributed by atoms with Crippen molar-refractivity contribution in [2.24, 2.45) is 5.41 Å². The van der Waals surface area contributed by atoms with Crippen molar-refractivity contribution < 1.29 is 9.72 Å². The normalized spacial score (nSPS) is 17.4. The highest BCUT2D eigenvalue weighted by atomic mass is 16.6. The number of hydrogen-bond donors (Lipinski definition) is 1. The summed E-state index contributed by atoms with van der Waals surface area (Å²) >= 11 is 0. The average molecular weight is 248 g/mol. The van der Waals surface area contributed by atoms with Crippen LogP contribution in [0.4, 0.5) is 11.4 Å². The van der Waals surface area contributed by atoms with E-state index in [1.807, 2.05) is 6.92 Å². The number of nitrogens with zero attached hydrogens (tertiary/aromatic N) is 1. The molecule has 0 aromatic heterocycles. The molecule has 96 valence electrons. The van der Waals surface area contributed by atoms with E-state index in [0.717, 1.165) is 25.7 Å². The Morgan fingerprint density at radius 2 is 2.06 bits per heavy atom. The Bertz CT molecular complexity index is 479. The predicted octanol–water partition coefficient (Wildman–Crippen LogP) is 3.11. The summed E-state index contributed by atoms with van der Waals surface area (Å²) in [6.45, 7) is 1.95. The maximum absolute atomic E-state index is 12.1. The number of nitro benzene ring substituents is 1. The van der Waals surface area contributed by atoms with E-state index in [4.69, 9.17) is 0 Å². The van der Waals surface area contributed by atoms with Crippen LogP contribution in [0.15, 0.2) is 24.3 Å². The zero-order chi connectivity index (χ0) is 13.2. The van der Waals surface area contributed by atoms with Crippen molar-refractivity contribution in [3.63, 3.8) is 0 Å². The van der Waals surface area contributed by atoms with Gasteiger partial charge in [-0.3, -0.25) is 14.9 Å². The van der Waals surface area contributed by atoms with Crippen molar-refractivity contribution in [1.82, 2.24) is 0 Å². The number of hydrogen-bond acceptors (Lipinski definition) is 3. The zero-order valence-corrected chi connectivity index (χ0v) is 10.3. The molecule has 1 aromatic carbocycles. The van der Waals surface area contributed by atoms with Crippen molar-refractivity contribution in [3.8, 4) is 0 Å². The molecule has 1 amide bonds. The number of nitro groups is 1. The van der Waals surface area contributed by atoms with Crippen molar-refractivity contribution in [2.45, 2.75) is 32.6 Å². The van der Waals surface area contributed by atoms with Crippen molar-refractivity contribution in [2.75, 3.05) is 5.32 Å². The number of rotatable bonds is 3. The molecule has 0 aliphatic heterocycles. The third-order valence-corrected chi connectivity index (χ3v) is 3.57. The molecule has 1 aromatic rings. The Balaban J connectivity index is 2.11. The monoisotopic (exact) mass is 248 g/mol. The highest BCUT2D eigenvalue weighted by molar-refractivity contribution is 5.95. The van der Waals surface area contributed by atoms with E-state index in [1.165, 1.54) is 12.1 Å². The van der Waals surface area contributed by atoms with E-state index < -0.39 is 4.92 Å². The lowest BCUT2D eigenvalue weighted by Crippen LogP contribution is -2.30. The van der Waals surface area contributed by atoms with E-state index in [0.29, 0.717) is 5.69 Å². The van der Waals surface area contributed by atoms with Gasteiger partial charge in [-0.25, -0.2) is 0 Å². The number of benzene rings is 1. The van der Waals surface area contributed by atoms with Crippen LogP contribution in [-0.2, 0) is 4.79 Å². The van der Waals surface area contributed by atoms with E-state index in [1.54, 1.807) is 12.1 Å². The third-order valence-electron chi connectivity index (χ3n) is 3.57. The Hall–Kier alpha value is -1.91. The van der Waals surface area contributed by atoms with E-state index in [-0.39, 0.29) is 17.0 Å². The molecule has 18 heavy (non-hydrogen) atoms. The largest absolute Gasteiger partial charge is 0.325 e. The first-order valence-corrected chi connectivity index (χ1v) is 6.07. The van der Waals surface area contributed by atoms with Gasteiger partial charge in [0, 0.05) is 23.2 Å². The van der Waals surface area contributed by atoms with Crippen molar-refractivity contribution in [3.05, 3.63) is 34.4 Å². The Kier molecular flexibility index (Phi) is 3.32. The van der Waals surface area contributed by atoms with Crippen LogP contribution in [0.5, 0.6) is 0 Å². The fourth-order valence-corrected chi connectivity index (χ4v) is 2.36. The number of carbonyl (C=O) groups excluding carboxylic acids is 1. The number of anilines is 1. The molecule has 1 saturated carbocycles. The quantitative estimate of drug-likeness (QED) is 0.659. The summed E-state index contributed by atoms with van der Waals surface area (Å²) in [5.74, 6) is -0.0412. The minimum absolute atomic E-state index is 0.00984. The Labute approximate surface area is 105 Å². The number of non-ortho nitro benzene ring substituents is 1. The first-order valence-electron chi connectivity index (χ1n) is 6.07. The van der Waals surface area contributed by atoms with Crippen LogP contribution in [0.1, 0.15) is 32.6 Å². The van der Waals surface area contributed by atoms with Crippen LogP contribution in [0.25, 0.3) is 0 Å². The van der Waals surface area contributed by atoms with Gasteiger partial charge < -0.3 is 5.32 Å². The molecule has 1 fully saturated rings. The molecule has 5 nitrogen and oxygen atoms in total. The molecule has 0 spiro atoms. The first kappa shape index (κ1) is 12.5. The van der Waals surface area contributed by atoms with E-state index >= 15 is 0 Å². The second-order valence-electron chi connectivity index (χ2n) is 5.03. The molecular weight excluding hydrogens is 232 g/mol. The van der Waals surface area contributed by atoms with Crippen molar-refractivity contribution in [1.29, 1.82) is 0 Å². The summed E-state index contributed by atoms with van der Waals surface area (Å²) in [4.78, 5) is 22.3. The molecule has 1 aliphatic carbocycles. The minimum atomic E-state index is -0.465. The maximum Gasteiger partial charge on any atom is 0.271 e. The molecule has 0 unspecified atom stereocenters. The highest BCUT2D eigenvalue weighted by Crippen LogP contribution is 2.38. The molecule has 1 aliphatic rings. The van der Waals surface area contributed by atoms with E-state index in [2.05, 4.69) is 5.32 Å². The number of carbonyl (C=O) groups is 1. The summed E-state index contributed by atoms with van der Waals surface area (Å²) < 4.78 is 0. The van der Waals surface area contributed by atoms with Gasteiger partial charge in [0.1, 0.15) is 0 Å². The zero-order valence-electron chi connectivity index (χ0n) is 10.3. The standard InChI is InChI=1S/C13H16N2O3/c1-13(7-2-3-8-13)12(16)14-10-5-4-6-11(9-10)15(17)18/h4-6,9H,2-3,7-8H2,1H3,(H,14,16). The molecular formula is C13H16N2O3. The van der Waals surface area contributed by atoms with Gasteiger partial charge in [-0.05, 0) is 18.9 Å². The summed E-state index contributed by atoms with van der Waals surface area (Å²) in [5, 5.41) is 13.4. The fraction of sp³-hybridized carbons (Fsp3) is 0.462. The molecule has 0 radical (unpaired) electrons. The van der Waals surface area contributed by atoms with Crippen LogP contribution in [0, 0.1) is 15.5 Å². The molecule has 0 atom stereocenters. The maximum atomic E-state index is 12.1. The lowest BCUT2D eigenvalue weighted by Gasteiger charge is -2.22. The van der Waals surface area contributed by atoms with Gasteiger partial charge in [0.2, 0.25) is 5.91 Å². The molecule has 0 heterocycles. The van der Waals surface area contributed by atoms with Crippen LogP contribution in [-0.4, -0.2) is 10.8 Å². The van der Waals surface area contributed by atoms with Crippen LogP contribution in [0.3, 0.4) is 0 Å². The average Bonchev–Trinajstić information content (AvgIpc) is 2.78. The smallest absolute Gasteiger partial charge is 0.271 e. The molecule has 1 N–H and O–H groups in total. The number of nitrogens with one attached hydrogen (secondary N) is 1. The lowest BCUT2D eigenvalue weighted by atomic mass is 9.88. The van der Waals surface area contributed by atoms with Crippen LogP contribution < -0.4 is 5.32 Å². The van der Waals surface area contributed by atoms with Crippen LogP contribution in [0.2, 0.25) is 0 Å². The van der Waals surface area contributed by atoms with Gasteiger partial charge in [0.25, 0.3) is 5.69 Å². The van der Waals surface area contributed by atoms with Crippen molar-refractivity contribution >= 4 is 17.3 Å². The molecule has 0 saturated heterocycles. The Morgan fingerprint density at radius 3 is 2.67 bits per heavy atom. The first-order chi connectivity index (χ1) is 8.51. The van der Waals surface area contributed by atoms with Gasteiger partial charge in [-0.2, -0.15) is 0 Å². The lowest BCUT2D eigenvalue weighted by molar-refractivity contribution is -0.384. The summed E-state index contributed by atoms with van der Waals surface area (Å²) in [5.41, 5.74) is 0.150. The Morgan fingerprint density at radius 1 is 1.39 bits per heavy atom. The summed E-state index contributed by atoms with van der Waals surface area (Å²) in [7, 11) is 0. The second-order valence-corrected chi connectivity index (χ2v) is 5.03. The van der Waals surface area contributed by atoms with Gasteiger partial charge >= 0.3 is 0 Å². The van der Waals surface area contributed by atoms with Crippen LogP contribution >= 0.6 is 0 Å². The minimum Gasteiger partial charge on any atom is -0.325 e. The second kappa shape index (κ2) is 4.76. The van der Waals surface area contributed by atoms with Gasteiger partial charge in [-0.15, -0.1) is 0 Å². The summed E-state index contributed by atoms with van der Waals surface area (Å²) in [6, 6.07) is 6.04. The van der Waals surface area contributed by atoms with E-state index in [9.17, 15) is 14.9 Å².